The van der Waals surface area contributed by atoms with Gasteiger partial charge < -0.3 is 5.32 Å². The van der Waals surface area contributed by atoms with Gasteiger partial charge in [0.25, 0.3) is 0 Å². The summed E-state index contributed by atoms with van der Waals surface area (Å²) < 4.78 is 26.9. The zero-order chi connectivity index (χ0) is 13.7. The fourth-order valence-electron chi connectivity index (χ4n) is 2.68. The minimum absolute atomic E-state index is 0.318. The molecule has 1 N–H and O–H groups in total. The predicted octanol–water partition coefficient (Wildman–Crippen LogP) is 2.93. The first-order valence-corrected chi connectivity index (χ1v) is 7.08. The molecule has 0 aliphatic carbocycles. The normalized spacial score (nSPS) is 19.3. The van der Waals surface area contributed by atoms with Crippen LogP contribution in [0.2, 0.25) is 0 Å². The molecule has 19 heavy (non-hydrogen) atoms. The first-order chi connectivity index (χ1) is 9.19. The topological polar surface area (TPSA) is 15.3 Å². The maximum atomic E-state index is 13.7. The molecular weight excluding hydrogens is 246 g/mol. The number of rotatable bonds is 6. The van der Waals surface area contributed by atoms with Crippen molar-refractivity contribution >= 4 is 0 Å². The van der Waals surface area contributed by atoms with Crippen LogP contribution in [0.4, 0.5) is 8.78 Å². The molecule has 0 bridgehead atoms. The van der Waals surface area contributed by atoms with E-state index in [4.69, 9.17) is 0 Å². The van der Waals surface area contributed by atoms with E-state index < -0.39 is 0 Å². The number of nitrogens with zero attached hydrogens (tertiary/aromatic N) is 1. The summed E-state index contributed by atoms with van der Waals surface area (Å²) in [4.78, 5) is 2.21. The van der Waals surface area contributed by atoms with Crippen LogP contribution < -0.4 is 5.32 Å². The summed E-state index contributed by atoms with van der Waals surface area (Å²) in [6.07, 6.45) is 3.40. The fraction of sp³-hybridized carbons (Fsp3) is 0.600. The van der Waals surface area contributed by atoms with Gasteiger partial charge in [-0.05, 0) is 50.6 Å². The third-order valence-electron chi connectivity index (χ3n) is 3.58. The standard InChI is InChI=1S/C15H22F2N2/c1-2-8-19(11-14-4-3-7-18-14)10-12-9-13(16)5-6-15(12)17/h5-6,9,14,18H,2-4,7-8,10-11H2,1H3. The quantitative estimate of drug-likeness (QED) is 0.853. The largest absolute Gasteiger partial charge is 0.313 e. The summed E-state index contributed by atoms with van der Waals surface area (Å²) in [5.41, 5.74) is 0.450. The molecule has 1 fully saturated rings. The molecular formula is C15H22F2N2. The molecule has 1 aromatic rings. The first kappa shape index (κ1) is 14.4. The van der Waals surface area contributed by atoms with E-state index in [2.05, 4.69) is 17.1 Å². The van der Waals surface area contributed by atoms with E-state index in [9.17, 15) is 8.78 Å². The third-order valence-corrected chi connectivity index (χ3v) is 3.58. The van der Waals surface area contributed by atoms with Crippen LogP contribution in [-0.2, 0) is 6.54 Å². The Hall–Kier alpha value is -1.00. The monoisotopic (exact) mass is 268 g/mol. The van der Waals surface area contributed by atoms with Crippen molar-refractivity contribution in [2.45, 2.75) is 38.8 Å². The SMILES string of the molecule is CCCN(Cc1cc(F)ccc1F)CC1CCCN1. The number of halogens is 2. The summed E-state index contributed by atoms with van der Waals surface area (Å²) in [6.45, 7) is 5.48. The van der Waals surface area contributed by atoms with E-state index >= 15 is 0 Å². The number of hydrogen-bond donors (Lipinski definition) is 1. The summed E-state index contributed by atoms with van der Waals surface area (Å²) in [7, 11) is 0. The average Bonchev–Trinajstić information content (AvgIpc) is 2.87. The van der Waals surface area contributed by atoms with Crippen molar-refractivity contribution in [1.82, 2.24) is 10.2 Å². The van der Waals surface area contributed by atoms with E-state index in [1.807, 2.05) is 0 Å². The van der Waals surface area contributed by atoms with Gasteiger partial charge in [0.1, 0.15) is 11.6 Å². The number of hydrogen-bond acceptors (Lipinski definition) is 2. The van der Waals surface area contributed by atoms with Crippen molar-refractivity contribution in [1.29, 1.82) is 0 Å². The van der Waals surface area contributed by atoms with Crippen LogP contribution in [0.5, 0.6) is 0 Å². The van der Waals surface area contributed by atoms with Gasteiger partial charge in [0.15, 0.2) is 0 Å². The summed E-state index contributed by atoms with van der Waals surface area (Å²) >= 11 is 0. The Morgan fingerprint density at radius 1 is 1.37 bits per heavy atom. The van der Waals surface area contributed by atoms with Gasteiger partial charge in [-0.25, -0.2) is 8.78 Å². The fourth-order valence-corrected chi connectivity index (χ4v) is 2.68. The molecule has 0 amide bonds. The number of nitrogens with one attached hydrogen (secondary N) is 1. The van der Waals surface area contributed by atoms with Crippen molar-refractivity contribution < 1.29 is 8.78 Å². The van der Waals surface area contributed by atoms with Crippen LogP contribution in [0.3, 0.4) is 0 Å². The second-order valence-corrected chi connectivity index (χ2v) is 5.26. The molecule has 1 aliphatic rings. The van der Waals surface area contributed by atoms with Crippen LogP contribution in [-0.4, -0.2) is 30.6 Å². The van der Waals surface area contributed by atoms with Crippen LogP contribution in [0.1, 0.15) is 31.7 Å². The molecule has 1 aliphatic heterocycles. The predicted molar refractivity (Wildman–Crippen MR) is 73.0 cm³/mol. The Kier molecular flexibility index (Phi) is 5.28. The van der Waals surface area contributed by atoms with Crippen molar-refractivity contribution in [2.75, 3.05) is 19.6 Å². The van der Waals surface area contributed by atoms with Crippen molar-refractivity contribution in [3.8, 4) is 0 Å². The lowest BCUT2D eigenvalue weighted by atomic mass is 10.1. The van der Waals surface area contributed by atoms with Gasteiger partial charge in [-0.2, -0.15) is 0 Å². The van der Waals surface area contributed by atoms with E-state index in [0.29, 0.717) is 18.2 Å². The minimum atomic E-state index is -0.369. The molecule has 0 radical (unpaired) electrons. The van der Waals surface area contributed by atoms with Gasteiger partial charge in [-0.1, -0.05) is 6.92 Å². The highest BCUT2D eigenvalue weighted by Gasteiger charge is 2.18. The van der Waals surface area contributed by atoms with Crippen LogP contribution in [0.15, 0.2) is 18.2 Å². The van der Waals surface area contributed by atoms with Crippen LogP contribution in [0, 0.1) is 11.6 Å². The summed E-state index contributed by atoms with van der Waals surface area (Å²) in [5, 5.41) is 3.45. The Morgan fingerprint density at radius 2 is 2.21 bits per heavy atom. The van der Waals surface area contributed by atoms with E-state index in [0.717, 1.165) is 26.1 Å². The zero-order valence-corrected chi connectivity index (χ0v) is 11.5. The molecule has 0 spiro atoms. The Bertz CT molecular complexity index is 403. The maximum Gasteiger partial charge on any atom is 0.127 e. The molecule has 1 unspecified atom stereocenters. The molecule has 0 saturated carbocycles. The van der Waals surface area contributed by atoms with Crippen molar-refractivity contribution in [3.05, 3.63) is 35.4 Å². The van der Waals surface area contributed by atoms with E-state index in [1.165, 1.54) is 31.0 Å². The first-order valence-electron chi connectivity index (χ1n) is 7.08. The number of benzene rings is 1. The van der Waals surface area contributed by atoms with Gasteiger partial charge in [0, 0.05) is 24.7 Å². The van der Waals surface area contributed by atoms with Crippen molar-refractivity contribution in [3.63, 3.8) is 0 Å². The average molecular weight is 268 g/mol. The smallest absolute Gasteiger partial charge is 0.127 e. The Balaban J connectivity index is 2.00. The van der Waals surface area contributed by atoms with Crippen LogP contribution >= 0.6 is 0 Å². The molecule has 1 aromatic carbocycles. The lowest BCUT2D eigenvalue weighted by Crippen LogP contribution is -2.37. The summed E-state index contributed by atoms with van der Waals surface area (Å²) in [5.74, 6) is -0.686. The highest BCUT2D eigenvalue weighted by atomic mass is 19.1. The highest BCUT2D eigenvalue weighted by molar-refractivity contribution is 5.18. The van der Waals surface area contributed by atoms with E-state index in [-0.39, 0.29) is 11.6 Å². The molecule has 1 heterocycles. The van der Waals surface area contributed by atoms with Crippen molar-refractivity contribution in [2.24, 2.45) is 0 Å². The van der Waals surface area contributed by atoms with Gasteiger partial charge in [-0.15, -0.1) is 0 Å². The molecule has 0 aromatic heterocycles. The van der Waals surface area contributed by atoms with Gasteiger partial charge in [0.2, 0.25) is 0 Å². The molecule has 4 heteroatoms. The van der Waals surface area contributed by atoms with Gasteiger partial charge in [-0.3, -0.25) is 4.90 Å². The summed E-state index contributed by atoms with van der Waals surface area (Å²) in [6, 6.07) is 4.17. The molecule has 106 valence electrons. The van der Waals surface area contributed by atoms with Gasteiger partial charge >= 0.3 is 0 Å². The molecule has 2 nitrogen and oxygen atoms in total. The lowest BCUT2D eigenvalue weighted by molar-refractivity contribution is 0.238. The Labute approximate surface area is 113 Å². The molecule has 1 atom stereocenters. The molecule has 2 rings (SSSR count). The second-order valence-electron chi connectivity index (χ2n) is 5.26. The highest BCUT2D eigenvalue weighted by Crippen LogP contribution is 2.15. The van der Waals surface area contributed by atoms with E-state index in [1.54, 1.807) is 0 Å². The van der Waals surface area contributed by atoms with Crippen LogP contribution in [0.25, 0.3) is 0 Å². The molecule has 1 saturated heterocycles. The zero-order valence-electron chi connectivity index (χ0n) is 11.5. The Morgan fingerprint density at radius 3 is 2.89 bits per heavy atom. The van der Waals surface area contributed by atoms with Gasteiger partial charge in [0.05, 0.1) is 0 Å². The maximum absolute atomic E-state index is 13.7. The lowest BCUT2D eigenvalue weighted by Gasteiger charge is -2.25. The minimum Gasteiger partial charge on any atom is -0.313 e. The second kappa shape index (κ2) is 6.96. The third kappa shape index (κ3) is 4.25.